The van der Waals surface area contributed by atoms with E-state index in [4.69, 9.17) is 4.42 Å². The smallest absolute Gasteiger partial charge is 0.260 e. The molecule has 1 atom stereocenters. The van der Waals surface area contributed by atoms with Crippen LogP contribution in [0.3, 0.4) is 0 Å². The Labute approximate surface area is 147 Å². The number of carbonyl (C=O) groups is 2. The molecule has 1 aromatic heterocycles. The Morgan fingerprint density at radius 2 is 2.25 bits per heavy atom. The highest BCUT2D eigenvalue weighted by molar-refractivity contribution is 9.10. The number of benzene rings is 1. The normalized spacial score (nSPS) is 19.5. The fraction of sp³-hybridized carbons (Fsp3) is 0.294. The lowest BCUT2D eigenvalue weighted by molar-refractivity contribution is -0.156. The summed E-state index contributed by atoms with van der Waals surface area (Å²) in [4.78, 5) is 26.5. The molecule has 2 heterocycles. The van der Waals surface area contributed by atoms with Crippen molar-refractivity contribution in [1.82, 2.24) is 4.90 Å². The van der Waals surface area contributed by atoms with Gasteiger partial charge in [-0.3, -0.25) is 9.59 Å². The summed E-state index contributed by atoms with van der Waals surface area (Å²) in [5.74, 6) is -0.888. The first-order valence-electron chi connectivity index (χ1n) is 7.56. The van der Waals surface area contributed by atoms with E-state index in [0.717, 1.165) is 10.0 Å². The molecule has 0 aliphatic carbocycles. The molecule has 0 spiro atoms. The predicted octanol–water partition coefficient (Wildman–Crippen LogP) is 2.62. The number of halogens is 1. The Bertz CT molecular complexity index is 775. The molecule has 7 heteroatoms. The van der Waals surface area contributed by atoms with Crippen molar-refractivity contribution < 1.29 is 19.1 Å². The van der Waals surface area contributed by atoms with Crippen LogP contribution in [0.1, 0.15) is 24.5 Å². The summed E-state index contributed by atoms with van der Waals surface area (Å²) in [6.07, 6.45) is 2.78. The fourth-order valence-corrected chi connectivity index (χ4v) is 3.23. The van der Waals surface area contributed by atoms with E-state index in [9.17, 15) is 14.7 Å². The molecule has 3 rings (SSSR count). The Hall–Kier alpha value is -2.12. The van der Waals surface area contributed by atoms with Crippen LogP contribution in [0.5, 0.6) is 0 Å². The zero-order valence-electron chi connectivity index (χ0n) is 13.1. The van der Waals surface area contributed by atoms with Crippen molar-refractivity contribution >= 4 is 33.4 Å². The van der Waals surface area contributed by atoms with Gasteiger partial charge in [-0.05, 0) is 31.2 Å². The van der Waals surface area contributed by atoms with E-state index in [-0.39, 0.29) is 12.3 Å². The summed E-state index contributed by atoms with van der Waals surface area (Å²) in [7, 11) is 0. The third-order valence-electron chi connectivity index (χ3n) is 4.09. The minimum Gasteiger partial charge on any atom is -0.472 e. The summed E-state index contributed by atoms with van der Waals surface area (Å²) in [6.45, 7) is 2.53. The van der Waals surface area contributed by atoms with Gasteiger partial charge in [0.1, 0.15) is 0 Å². The van der Waals surface area contributed by atoms with E-state index < -0.39 is 11.5 Å². The molecule has 24 heavy (non-hydrogen) atoms. The quantitative estimate of drug-likeness (QED) is 0.837. The van der Waals surface area contributed by atoms with Crippen molar-refractivity contribution in [2.75, 3.05) is 11.9 Å². The van der Waals surface area contributed by atoms with Crippen LogP contribution in [0.15, 0.2) is 45.7 Å². The maximum Gasteiger partial charge on any atom is 0.260 e. The number of anilines is 1. The van der Waals surface area contributed by atoms with Crippen LogP contribution in [0, 0.1) is 0 Å². The molecule has 0 saturated heterocycles. The van der Waals surface area contributed by atoms with Crippen molar-refractivity contribution in [3.8, 4) is 0 Å². The number of amides is 2. The van der Waals surface area contributed by atoms with E-state index in [1.807, 2.05) is 6.92 Å². The lowest BCUT2D eigenvalue weighted by Crippen LogP contribution is -2.50. The minimum absolute atomic E-state index is 0.305. The number of nitrogens with one attached hydrogen (secondary N) is 1. The molecule has 0 fully saturated rings. The first kappa shape index (κ1) is 16.7. The van der Waals surface area contributed by atoms with E-state index in [0.29, 0.717) is 24.3 Å². The van der Waals surface area contributed by atoms with Crippen LogP contribution in [0.2, 0.25) is 0 Å². The summed E-state index contributed by atoms with van der Waals surface area (Å²) in [6, 6.07) is 6.84. The molecule has 1 aromatic carbocycles. The number of furan rings is 1. The van der Waals surface area contributed by atoms with Gasteiger partial charge in [0.15, 0.2) is 5.60 Å². The number of aliphatic hydroxyl groups is 1. The average molecular weight is 393 g/mol. The van der Waals surface area contributed by atoms with E-state index in [1.165, 1.54) is 11.2 Å². The molecule has 2 N–H and O–H groups in total. The highest BCUT2D eigenvalue weighted by atomic mass is 79.9. The number of likely N-dealkylation sites (N-methyl/N-ethyl adjacent to an activating group) is 1. The third kappa shape index (κ3) is 2.97. The summed E-state index contributed by atoms with van der Waals surface area (Å²) >= 11 is 3.35. The van der Waals surface area contributed by atoms with Gasteiger partial charge in [-0.2, -0.15) is 0 Å². The van der Waals surface area contributed by atoms with Gasteiger partial charge in [-0.15, -0.1) is 0 Å². The number of rotatable bonds is 4. The van der Waals surface area contributed by atoms with Gasteiger partial charge in [0.05, 0.1) is 18.9 Å². The van der Waals surface area contributed by atoms with E-state index in [1.54, 1.807) is 30.5 Å². The molecule has 1 aliphatic heterocycles. The lowest BCUT2D eigenvalue weighted by atomic mass is 9.84. The first-order valence-corrected chi connectivity index (χ1v) is 8.36. The molecule has 0 radical (unpaired) electrons. The second-order valence-electron chi connectivity index (χ2n) is 5.73. The maximum absolute atomic E-state index is 13.0. The zero-order valence-corrected chi connectivity index (χ0v) is 14.7. The van der Waals surface area contributed by atoms with E-state index >= 15 is 0 Å². The van der Waals surface area contributed by atoms with Crippen molar-refractivity contribution in [3.05, 3.63) is 52.4 Å². The third-order valence-corrected chi connectivity index (χ3v) is 4.59. The topological polar surface area (TPSA) is 82.8 Å². The molecule has 126 valence electrons. The molecule has 1 aliphatic rings. The minimum atomic E-state index is -1.89. The molecular formula is C17H17BrN2O4. The summed E-state index contributed by atoms with van der Waals surface area (Å²) < 4.78 is 5.75. The van der Waals surface area contributed by atoms with Crippen molar-refractivity contribution in [3.63, 3.8) is 0 Å². The Morgan fingerprint density at radius 1 is 1.46 bits per heavy atom. The maximum atomic E-state index is 13.0. The number of carbonyl (C=O) groups excluding carboxylic acids is 2. The van der Waals surface area contributed by atoms with Gasteiger partial charge < -0.3 is 19.7 Å². The predicted molar refractivity (Wildman–Crippen MR) is 91.1 cm³/mol. The Kier molecular flexibility index (Phi) is 4.47. The molecular weight excluding hydrogens is 376 g/mol. The van der Waals surface area contributed by atoms with Gasteiger partial charge in [0.25, 0.3) is 5.91 Å². The van der Waals surface area contributed by atoms with Crippen LogP contribution in [-0.4, -0.2) is 28.4 Å². The van der Waals surface area contributed by atoms with Crippen molar-refractivity contribution in [1.29, 1.82) is 0 Å². The van der Waals surface area contributed by atoms with Gasteiger partial charge in [-0.25, -0.2) is 0 Å². The largest absolute Gasteiger partial charge is 0.472 e. The van der Waals surface area contributed by atoms with Gasteiger partial charge in [0.2, 0.25) is 5.91 Å². The van der Waals surface area contributed by atoms with Crippen LogP contribution < -0.4 is 5.32 Å². The summed E-state index contributed by atoms with van der Waals surface area (Å²) in [5, 5.41) is 13.8. The number of hydrogen-bond acceptors (Lipinski definition) is 4. The monoisotopic (exact) mass is 392 g/mol. The second kappa shape index (κ2) is 6.41. The lowest BCUT2D eigenvalue weighted by Gasteiger charge is -2.36. The molecule has 0 bridgehead atoms. The molecule has 6 nitrogen and oxygen atoms in total. The average Bonchev–Trinajstić information content (AvgIpc) is 3.06. The highest BCUT2D eigenvalue weighted by Crippen LogP contribution is 2.39. The highest BCUT2D eigenvalue weighted by Gasteiger charge is 2.46. The molecule has 0 saturated carbocycles. The van der Waals surface area contributed by atoms with Crippen LogP contribution >= 0.6 is 15.9 Å². The zero-order chi connectivity index (χ0) is 17.3. The number of fused-ring (bicyclic) bond motifs is 1. The van der Waals surface area contributed by atoms with Gasteiger partial charge in [-0.1, -0.05) is 15.9 Å². The Balaban J connectivity index is 1.98. The summed E-state index contributed by atoms with van der Waals surface area (Å²) in [5.41, 5.74) is -0.221. The molecule has 2 amide bonds. The number of nitrogens with zero attached hydrogens (tertiary/aromatic N) is 1. The molecule has 1 unspecified atom stereocenters. The van der Waals surface area contributed by atoms with Gasteiger partial charge in [0, 0.05) is 34.4 Å². The van der Waals surface area contributed by atoms with E-state index in [2.05, 4.69) is 21.2 Å². The van der Waals surface area contributed by atoms with Crippen molar-refractivity contribution in [2.24, 2.45) is 0 Å². The Morgan fingerprint density at radius 3 is 2.92 bits per heavy atom. The number of hydrogen-bond donors (Lipinski definition) is 2. The van der Waals surface area contributed by atoms with Crippen molar-refractivity contribution in [2.45, 2.75) is 25.5 Å². The van der Waals surface area contributed by atoms with Gasteiger partial charge >= 0.3 is 0 Å². The standard InChI is InChI=1S/C17H17BrN2O4/c1-2-20(9-11-5-6-24-10-11)16(22)17(23)8-15(21)19-14-4-3-12(18)7-13(14)17/h3-7,10,23H,2,8-9H2,1H3,(H,19,21). The SMILES string of the molecule is CCN(Cc1ccoc1)C(=O)C1(O)CC(=O)Nc2ccc(Br)cc21. The van der Waals surface area contributed by atoms with Crippen LogP contribution in [0.4, 0.5) is 5.69 Å². The second-order valence-corrected chi connectivity index (χ2v) is 6.64. The van der Waals surface area contributed by atoms with Crippen LogP contribution in [-0.2, 0) is 21.7 Å². The fourth-order valence-electron chi connectivity index (χ4n) is 2.87. The molecule has 2 aromatic rings. The first-order chi connectivity index (χ1) is 11.4. The van der Waals surface area contributed by atoms with Crippen LogP contribution in [0.25, 0.3) is 0 Å².